The smallest absolute Gasteiger partial charge is 0.223 e. The van der Waals surface area contributed by atoms with Crippen LogP contribution in [0.1, 0.15) is 17.8 Å². The van der Waals surface area contributed by atoms with E-state index in [0.29, 0.717) is 12.8 Å². The van der Waals surface area contributed by atoms with Crippen LogP contribution in [0, 0.1) is 6.92 Å². The van der Waals surface area contributed by atoms with Crippen LogP contribution in [0.25, 0.3) is 5.65 Å². The van der Waals surface area contributed by atoms with Gasteiger partial charge in [-0.3, -0.25) is 4.79 Å². The minimum absolute atomic E-state index is 0.214. The zero-order chi connectivity index (χ0) is 18.8. The summed E-state index contributed by atoms with van der Waals surface area (Å²) in [7, 11) is 0. The quantitative estimate of drug-likeness (QED) is 0.692. The first-order chi connectivity index (χ1) is 13.1. The van der Waals surface area contributed by atoms with E-state index < -0.39 is 0 Å². The van der Waals surface area contributed by atoms with Crippen LogP contribution in [-0.2, 0) is 11.2 Å². The highest BCUT2D eigenvalue weighted by atomic mass is 35.5. The normalized spacial score (nSPS) is 14.7. The van der Waals surface area contributed by atoms with Gasteiger partial charge in [0.15, 0.2) is 0 Å². The van der Waals surface area contributed by atoms with E-state index in [4.69, 9.17) is 11.6 Å². The number of piperazine rings is 1. The summed E-state index contributed by atoms with van der Waals surface area (Å²) in [5.41, 5.74) is 4.18. The first-order valence-corrected chi connectivity index (χ1v) is 9.70. The molecule has 5 nitrogen and oxygen atoms in total. The highest BCUT2D eigenvalue weighted by Crippen LogP contribution is 2.21. The summed E-state index contributed by atoms with van der Waals surface area (Å²) in [5.74, 6) is 0.214. The van der Waals surface area contributed by atoms with Gasteiger partial charge in [-0.05, 0) is 43.7 Å². The van der Waals surface area contributed by atoms with E-state index in [1.165, 1.54) is 0 Å². The van der Waals surface area contributed by atoms with Gasteiger partial charge in [0.25, 0.3) is 0 Å². The van der Waals surface area contributed by atoms with E-state index in [1.807, 2.05) is 54.4 Å². The molecule has 140 valence electrons. The topological polar surface area (TPSA) is 40.9 Å². The Kier molecular flexibility index (Phi) is 5.03. The van der Waals surface area contributed by atoms with Gasteiger partial charge in [-0.25, -0.2) is 4.98 Å². The molecule has 2 aromatic heterocycles. The Morgan fingerprint density at radius 3 is 2.70 bits per heavy atom. The van der Waals surface area contributed by atoms with Gasteiger partial charge >= 0.3 is 0 Å². The van der Waals surface area contributed by atoms with Crippen LogP contribution in [0.2, 0.25) is 5.02 Å². The molecule has 0 radical (unpaired) electrons. The summed E-state index contributed by atoms with van der Waals surface area (Å²) in [5, 5.41) is 0.745. The zero-order valence-corrected chi connectivity index (χ0v) is 16.2. The van der Waals surface area contributed by atoms with Crippen molar-refractivity contribution in [2.24, 2.45) is 0 Å². The number of aromatic nitrogens is 2. The number of hydrogen-bond donors (Lipinski definition) is 0. The van der Waals surface area contributed by atoms with E-state index in [-0.39, 0.29) is 5.91 Å². The van der Waals surface area contributed by atoms with Crippen LogP contribution < -0.4 is 4.90 Å². The van der Waals surface area contributed by atoms with E-state index in [9.17, 15) is 4.79 Å². The first kappa shape index (κ1) is 17.9. The average molecular weight is 383 g/mol. The van der Waals surface area contributed by atoms with Crippen LogP contribution in [-0.4, -0.2) is 46.4 Å². The fourth-order valence-electron chi connectivity index (χ4n) is 3.74. The van der Waals surface area contributed by atoms with Crippen molar-refractivity contribution in [3.05, 3.63) is 65.1 Å². The second-order valence-electron chi connectivity index (χ2n) is 6.92. The number of benzene rings is 1. The predicted octanol–water partition coefficient (Wildman–Crippen LogP) is 3.58. The van der Waals surface area contributed by atoms with E-state index in [0.717, 1.165) is 53.9 Å². The molecule has 0 N–H and O–H groups in total. The van der Waals surface area contributed by atoms with Crippen molar-refractivity contribution in [3.63, 3.8) is 0 Å². The monoisotopic (exact) mass is 382 g/mol. The third kappa shape index (κ3) is 3.78. The van der Waals surface area contributed by atoms with Gasteiger partial charge in [-0.2, -0.15) is 0 Å². The molecule has 1 fully saturated rings. The molecule has 0 saturated carbocycles. The average Bonchev–Trinajstić information content (AvgIpc) is 3.01. The number of pyridine rings is 1. The molecule has 27 heavy (non-hydrogen) atoms. The van der Waals surface area contributed by atoms with Crippen LogP contribution in [0.4, 0.5) is 5.69 Å². The lowest BCUT2D eigenvalue weighted by Crippen LogP contribution is -2.48. The molecule has 1 aliphatic rings. The van der Waals surface area contributed by atoms with Gasteiger partial charge in [0, 0.05) is 55.2 Å². The molecule has 0 spiro atoms. The summed E-state index contributed by atoms with van der Waals surface area (Å²) in [4.78, 5) is 21.5. The Hall–Kier alpha value is -2.53. The fourth-order valence-corrected chi connectivity index (χ4v) is 3.92. The zero-order valence-electron chi connectivity index (χ0n) is 15.4. The lowest BCUT2D eigenvalue weighted by Gasteiger charge is -2.36. The number of carbonyl (C=O) groups is 1. The van der Waals surface area contributed by atoms with Gasteiger partial charge in [-0.15, -0.1) is 0 Å². The van der Waals surface area contributed by atoms with E-state index >= 15 is 0 Å². The number of hydrogen-bond acceptors (Lipinski definition) is 3. The van der Waals surface area contributed by atoms with Gasteiger partial charge in [0.2, 0.25) is 5.91 Å². The third-order valence-corrected chi connectivity index (χ3v) is 5.45. The Labute approximate surface area is 164 Å². The van der Waals surface area contributed by atoms with E-state index in [2.05, 4.69) is 20.4 Å². The molecule has 1 aromatic carbocycles. The molecular weight excluding hydrogens is 360 g/mol. The maximum atomic E-state index is 12.7. The summed E-state index contributed by atoms with van der Waals surface area (Å²) in [6.45, 7) is 5.17. The van der Waals surface area contributed by atoms with E-state index in [1.54, 1.807) is 0 Å². The van der Waals surface area contributed by atoms with Crippen molar-refractivity contribution in [1.29, 1.82) is 0 Å². The summed E-state index contributed by atoms with van der Waals surface area (Å²) in [6, 6.07) is 13.9. The Balaban J connectivity index is 1.35. The maximum absolute atomic E-state index is 12.7. The number of fused-ring (bicyclic) bond motifs is 1. The standard InChI is InChI=1S/C21H23ClN4O/c1-16-19(26-10-3-2-7-20(26)23-16)8-9-21(27)25-13-11-24(12-14-25)18-6-4-5-17(22)15-18/h2-7,10,15H,8-9,11-14H2,1H3. The number of aryl methyl sites for hydroxylation is 2. The van der Waals surface area contributed by atoms with Gasteiger partial charge in [-0.1, -0.05) is 23.7 Å². The molecule has 6 heteroatoms. The molecular formula is C21H23ClN4O. The summed E-state index contributed by atoms with van der Waals surface area (Å²) in [6.07, 6.45) is 3.24. The minimum Gasteiger partial charge on any atom is -0.368 e. The molecule has 0 atom stereocenters. The van der Waals surface area contributed by atoms with Crippen molar-refractivity contribution in [1.82, 2.24) is 14.3 Å². The minimum atomic E-state index is 0.214. The second-order valence-corrected chi connectivity index (χ2v) is 7.36. The SMILES string of the molecule is Cc1nc2ccccn2c1CCC(=O)N1CCN(c2cccc(Cl)c2)CC1. The molecule has 0 bridgehead atoms. The largest absolute Gasteiger partial charge is 0.368 e. The Morgan fingerprint density at radius 1 is 1.11 bits per heavy atom. The number of imidazole rings is 1. The van der Waals surface area contributed by atoms with Gasteiger partial charge < -0.3 is 14.2 Å². The Bertz CT molecular complexity index is 960. The number of anilines is 1. The number of nitrogens with zero attached hydrogens (tertiary/aromatic N) is 4. The molecule has 3 heterocycles. The number of rotatable bonds is 4. The third-order valence-electron chi connectivity index (χ3n) is 5.21. The van der Waals surface area contributed by atoms with Crippen LogP contribution in [0.3, 0.4) is 0 Å². The lowest BCUT2D eigenvalue weighted by molar-refractivity contribution is -0.131. The molecule has 0 aliphatic carbocycles. The van der Waals surface area contributed by atoms with Gasteiger partial charge in [0.05, 0.1) is 5.69 Å². The molecule has 4 rings (SSSR count). The van der Waals surface area contributed by atoms with Crippen molar-refractivity contribution in [2.75, 3.05) is 31.1 Å². The summed E-state index contributed by atoms with van der Waals surface area (Å²) < 4.78 is 2.08. The van der Waals surface area contributed by atoms with Crippen molar-refractivity contribution >= 4 is 28.8 Å². The fraction of sp³-hybridized carbons (Fsp3) is 0.333. The molecule has 1 amide bonds. The highest BCUT2D eigenvalue weighted by molar-refractivity contribution is 6.30. The lowest BCUT2D eigenvalue weighted by atomic mass is 10.1. The van der Waals surface area contributed by atoms with Crippen LogP contribution in [0.15, 0.2) is 48.7 Å². The first-order valence-electron chi connectivity index (χ1n) is 9.33. The molecule has 0 unspecified atom stereocenters. The molecule has 1 aliphatic heterocycles. The van der Waals surface area contributed by atoms with Crippen molar-refractivity contribution in [3.8, 4) is 0 Å². The van der Waals surface area contributed by atoms with Crippen molar-refractivity contribution < 1.29 is 4.79 Å². The number of carbonyl (C=O) groups excluding carboxylic acids is 1. The summed E-state index contributed by atoms with van der Waals surface area (Å²) >= 11 is 6.09. The number of amides is 1. The van der Waals surface area contributed by atoms with Crippen LogP contribution in [0.5, 0.6) is 0 Å². The molecule has 3 aromatic rings. The Morgan fingerprint density at radius 2 is 1.93 bits per heavy atom. The van der Waals surface area contributed by atoms with Crippen LogP contribution >= 0.6 is 11.6 Å². The number of halogens is 1. The molecule has 1 saturated heterocycles. The predicted molar refractivity (Wildman–Crippen MR) is 108 cm³/mol. The van der Waals surface area contributed by atoms with Gasteiger partial charge in [0.1, 0.15) is 5.65 Å². The van der Waals surface area contributed by atoms with Crippen molar-refractivity contribution in [2.45, 2.75) is 19.8 Å². The maximum Gasteiger partial charge on any atom is 0.223 e. The highest BCUT2D eigenvalue weighted by Gasteiger charge is 2.22. The second kappa shape index (κ2) is 7.61.